The van der Waals surface area contributed by atoms with Gasteiger partial charge < -0.3 is 10.1 Å². The maximum Gasteiger partial charge on any atom is 0.255 e. The molecule has 0 fully saturated rings. The summed E-state index contributed by atoms with van der Waals surface area (Å²) in [6, 6.07) is 26.5. The number of hydrogen-bond donors (Lipinski definition) is 1. The van der Waals surface area contributed by atoms with Crippen molar-refractivity contribution in [3.05, 3.63) is 107 Å². The maximum atomic E-state index is 13.3. The summed E-state index contributed by atoms with van der Waals surface area (Å²) in [5, 5.41) is 5.01. The molecule has 0 unspecified atom stereocenters. The third-order valence-electron chi connectivity index (χ3n) is 6.47. The normalized spacial score (nSPS) is 14.0. The van der Waals surface area contributed by atoms with Gasteiger partial charge in [-0.2, -0.15) is 0 Å². The van der Waals surface area contributed by atoms with Crippen molar-refractivity contribution in [2.45, 2.75) is 32.2 Å². The number of Topliss-reactive ketones (excluding diaryl/α,β-unsaturated/α-hetero) is 1. The van der Waals surface area contributed by atoms with E-state index in [1.54, 1.807) is 37.4 Å². The monoisotopic (exact) mass is 476 g/mol. The van der Waals surface area contributed by atoms with Crippen molar-refractivity contribution in [2.75, 3.05) is 12.4 Å². The van der Waals surface area contributed by atoms with Crippen molar-refractivity contribution in [1.82, 2.24) is 0 Å². The van der Waals surface area contributed by atoms with Gasteiger partial charge in [-0.05, 0) is 73.0 Å². The van der Waals surface area contributed by atoms with Gasteiger partial charge in [0.05, 0.1) is 24.8 Å². The number of ketones is 1. The SMILES string of the molecule is COc1ccc2c(c1)C(CC(=O)c1cccc(NC(=O)c3ccc4ccccc4c3)c1)=NC(C)(C)C2. The number of carbonyl (C=O) groups is 2. The van der Waals surface area contributed by atoms with Crippen molar-refractivity contribution in [3.8, 4) is 5.75 Å². The van der Waals surface area contributed by atoms with E-state index in [-0.39, 0.29) is 23.7 Å². The lowest BCUT2D eigenvalue weighted by Gasteiger charge is -2.29. The highest BCUT2D eigenvalue weighted by atomic mass is 16.5. The van der Waals surface area contributed by atoms with Crippen molar-refractivity contribution in [2.24, 2.45) is 4.99 Å². The van der Waals surface area contributed by atoms with Crippen LogP contribution in [0.3, 0.4) is 0 Å². The van der Waals surface area contributed by atoms with Crippen molar-refractivity contribution in [1.29, 1.82) is 0 Å². The zero-order chi connectivity index (χ0) is 25.3. The summed E-state index contributed by atoms with van der Waals surface area (Å²) >= 11 is 0. The molecule has 4 aromatic rings. The topological polar surface area (TPSA) is 67.8 Å². The summed E-state index contributed by atoms with van der Waals surface area (Å²) in [5.41, 5.74) is 4.27. The maximum absolute atomic E-state index is 13.3. The Balaban J connectivity index is 1.36. The van der Waals surface area contributed by atoms with E-state index in [0.29, 0.717) is 16.8 Å². The van der Waals surface area contributed by atoms with E-state index in [4.69, 9.17) is 9.73 Å². The fourth-order valence-electron chi connectivity index (χ4n) is 4.73. The second-order valence-corrected chi connectivity index (χ2v) is 9.77. The highest BCUT2D eigenvalue weighted by Crippen LogP contribution is 2.31. The zero-order valence-corrected chi connectivity index (χ0v) is 20.7. The number of ether oxygens (including phenoxy) is 1. The largest absolute Gasteiger partial charge is 0.497 e. The van der Waals surface area contributed by atoms with E-state index < -0.39 is 0 Å². The number of aliphatic imine (C=N–C) groups is 1. The van der Waals surface area contributed by atoms with E-state index in [0.717, 1.165) is 39.8 Å². The van der Waals surface area contributed by atoms with Gasteiger partial charge in [-0.1, -0.05) is 48.5 Å². The Morgan fingerprint density at radius 1 is 0.889 bits per heavy atom. The Morgan fingerprint density at radius 2 is 1.69 bits per heavy atom. The van der Waals surface area contributed by atoms with Crippen LogP contribution >= 0.6 is 0 Å². The fourth-order valence-corrected chi connectivity index (χ4v) is 4.73. The molecule has 0 bridgehead atoms. The number of hydrogen-bond acceptors (Lipinski definition) is 4. The lowest BCUT2D eigenvalue weighted by Crippen LogP contribution is -2.30. The Kier molecular flexibility index (Phi) is 6.15. The number of nitrogens with zero attached hydrogens (tertiary/aromatic N) is 1. The molecule has 36 heavy (non-hydrogen) atoms. The quantitative estimate of drug-likeness (QED) is 0.323. The van der Waals surface area contributed by atoms with Crippen LogP contribution in [-0.2, 0) is 6.42 Å². The van der Waals surface area contributed by atoms with Crippen molar-refractivity contribution in [3.63, 3.8) is 0 Å². The molecular formula is C31H28N2O3. The minimum Gasteiger partial charge on any atom is -0.497 e. The fraction of sp³-hybridized carbons (Fsp3) is 0.194. The van der Waals surface area contributed by atoms with Crippen LogP contribution < -0.4 is 10.1 Å². The first kappa shape index (κ1) is 23.5. The predicted molar refractivity (Wildman–Crippen MR) is 145 cm³/mol. The van der Waals surface area contributed by atoms with Crippen molar-refractivity contribution >= 4 is 33.9 Å². The number of anilines is 1. The van der Waals surface area contributed by atoms with Gasteiger partial charge in [-0.15, -0.1) is 0 Å². The molecule has 1 heterocycles. The number of fused-ring (bicyclic) bond motifs is 2. The van der Waals surface area contributed by atoms with Gasteiger partial charge in [0.2, 0.25) is 0 Å². The van der Waals surface area contributed by atoms with Crippen LogP contribution in [0.2, 0.25) is 0 Å². The molecule has 4 aromatic carbocycles. The van der Waals surface area contributed by atoms with Crippen LogP contribution in [-0.4, -0.2) is 30.1 Å². The molecule has 0 saturated heterocycles. The average Bonchev–Trinajstić information content (AvgIpc) is 2.87. The number of benzene rings is 4. The highest BCUT2D eigenvalue weighted by molar-refractivity contribution is 6.17. The Labute approximate surface area is 210 Å². The van der Waals surface area contributed by atoms with Crippen LogP contribution in [0.4, 0.5) is 5.69 Å². The van der Waals surface area contributed by atoms with E-state index in [1.807, 2.05) is 48.5 Å². The molecule has 0 aliphatic carbocycles. The van der Waals surface area contributed by atoms with Gasteiger partial charge in [-0.25, -0.2) is 0 Å². The highest BCUT2D eigenvalue weighted by Gasteiger charge is 2.28. The van der Waals surface area contributed by atoms with E-state index in [9.17, 15) is 9.59 Å². The van der Waals surface area contributed by atoms with Gasteiger partial charge in [0, 0.05) is 22.4 Å². The first-order valence-corrected chi connectivity index (χ1v) is 12.0. The number of carbonyl (C=O) groups excluding carboxylic acids is 2. The number of methoxy groups -OCH3 is 1. The van der Waals surface area contributed by atoms with E-state index >= 15 is 0 Å². The van der Waals surface area contributed by atoms with Crippen LogP contribution in [0, 0.1) is 0 Å². The first-order chi connectivity index (χ1) is 17.3. The minimum absolute atomic E-state index is 0.0537. The van der Waals surface area contributed by atoms with Gasteiger partial charge in [0.25, 0.3) is 5.91 Å². The summed E-state index contributed by atoms with van der Waals surface area (Å²) in [5.74, 6) is 0.471. The predicted octanol–water partition coefficient (Wildman–Crippen LogP) is 6.50. The zero-order valence-electron chi connectivity index (χ0n) is 20.7. The number of amides is 1. The second-order valence-electron chi connectivity index (χ2n) is 9.77. The van der Waals surface area contributed by atoms with E-state index in [2.05, 4.69) is 25.2 Å². The smallest absolute Gasteiger partial charge is 0.255 e. The number of rotatable bonds is 6. The molecule has 1 aliphatic heterocycles. The van der Waals surface area contributed by atoms with Crippen molar-refractivity contribution < 1.29 is 14.3 Å². The summed E-state index contributed by atoms with van der Waals surface area (Å²) < 4.78 is 5.40. The summed E-state index contributed by atoms with van der Waals surface area (Å²) in [6.07, 6.45) is 0.978. The molecule has 1 aliphatic rings. The Bertz CT molecular complexity index is 1520. The molecule has 0 radical (unpaired) electrons. The first-order valence-electron chi connectivity index (χ1n) is 12.0. The Hall–Kier alpha value is -4.25. The Morgan fingerprint density at radius 3 is 2.50 bits per heavy atom. The number of nitrogens with one attached hydrogen (secondary N) is 1. The van der Waals surface area contributed by atoms with Crippen LogP contribution in [0.25, 0.3) is 10.8 Å². The average molecular weight is 477 g/mol. The van der Waals surface area contributed by atoms with Crippen LogP contribution in [0.5, 0.6) is 5.75 Å². The minimum atomic E-state index is -0.285. The molecule has 0 spiro atoms. The lowest BCUT2D eigenvalue weighted by molar-refractivity contribution is 0.0996. The summed E-state index contributed by atoms with van der Waals surface area (Å²) in [7, 11) is 1.63. The van der Waals surface area contributed by atoms with Crippen LogP contribution in [0.15, 0.2) is 89.9 Å². The lowest BCUT2D eigenvalue weighted by atomic mass is 9.85. The standard InChI is InChI=1S/C31H28N2O3/c1-31(2)19-24-13-14-26(36-3)17-27(24)28(33-31)18-29(34)22-9-6-10-25(16-22)32-30(35)23-12-11-20-7-4-5-8-21(20)15-23/h4-17H,18-19H2,1-3H3,(H,32,35). The van der Waals surface area contributed by atoms with Gasteiger partial charge >= 0.3 is 0 Å². The molecule has 0 atom stereocenters. The molecule has 5 nitrogen and oxygen atoms in total. The van der Waals surface area contributed by atoms with Gasteiger partial charge in [0.15, 0.2) is 5.78 Å². The molecule has 0 aromatic heterocycles. The molecule has 0 saturated carbocycles. The summed E-state index contributed by atoms with van der Waals surface area (Å²) in [4.78, 5) is 31.1. The molecular weight excluding hydrogens is 448 g/mol. The molecule has 180 valence electrons. The molecule has 1 N–H and O–H groups in total. The van der Waals surface area contributed by atoms with Gasteiger partial charge in [0.1, 0.15) is 5.75 Å². The van der Waals surface area contributed by atoms with Gasteiger partial charge in [-0.3, -0.25) is 14.6 Å². The second kappa shape index (κ2) is 9.42. The summed E-state index contributed by atoms with van der Waals surface area (Å²) in [6.45, 7) is 4.15. The third kappa shape index (κ3) is 4.91. The third-order valence-corrected chi connectivity index (χ3v) is 6.47. The molecule has 1 amide bonds. The molecule has 5 heteroatoms. The molecule has 5 rings (SSSR count). The van der Waals surface area contributed by atoms with Crippen LogP contribution in [0.1, 0.15) is 52.1 Å². The van der Waals surface area contributed by atoms with E-state index in [1.165, 1.54) is 0 Å².